The highest BCUT2D eigenvalue weighted by Crippen LogP contribution is 2.28. The highest BCUT2D eigenvalue weighted by atomic mass is 16.5. The van der Waals surface area contributed by atoms with Crippen molar-refractivity contribution in [2.45, 2.75) is 50.2 Å². The molecule has 0 bridgehead atoms. The van der Waals surface area contributed by atoms with Crippen LogP contribution >= 0.6 is 0 Å². The number of nitrogens with zero attached hydrogens (tertiary/aromatic N) is 1. The van der Waals surface area contributed by atoms with E-state index in [9.17, 15) is 9.59 Å². The Morgan fingerprint density at radius 2 is 2.11 bits per heavy atom. The van der Waals surface area contributed by atoms with Crippen LogP contribution < -0.4 is 5.73 Å². The number of hydrogen-bond acceptors (Lipinski definition) is 4. The van der Waals surface area contributed by atoms with Crippen LogP contribution in [0.4, 0.5) is 0 Å². The first kappa shape index (κ1) is 13.1. The average Bonchev–Trinajstić information content (AvgIpc) is 2.39. The maximum absolute atomic E-state index is 12.3. The van der Waals surface area contributed by atoms with Crippen molar-refractivity contribution in [3.8, 4) is 0 Å². The zero-order valence-electron chi connectivity index (χ0n) is 10.7. The molecule has 0 aromatic carbocycles. The molecule has 2 aliphatic heterocycles. The fraction of sp³-hybridized carbons (Fsp3) is 0.692. The van der Waals surface area contributed by atoms with Gasteiger partial charge in [0.15, 0.2) is 0 Å². The van der Waals surface area contributed by atoms with E-state index >= 15 is 0 Å². The molecule has 5 nitrogen and oxygen atoms in total. The van der Waals surface area contributed by atoms with E-state index in [1.54, 1.807) is 4.90 Å². The zero-order chi connectivity index (χ0) is 13.1. The van der Waals surface area contributed by atoms with Crippen molar-refractivity contribution in [3.63, 3.8) is 0 Å². The third kappa shape index (κ3) is 2.41. The number of rotatable bonds is 1. The molecule has 2 aliphatic rings. The van der Waals surface area contributed by atoms with Gasteiger partial charge in [-0.3, -0.25) is 4.79 Å². The Morgan fingerprint density at radius 3 is 2.83 bits per heavy atom. The van der Waals surface area contributed by atoms with Crippen molar-refractivity contribution in [1.29, 1.82) is 0 Å². The van der Waals surface area contributed by atoms with E-state index in [0.29, 0.717) is 12.8 Å². The number of piperidine rings is 1. The molecule has 0 saturated carbocycles. The fourth-order valence-electron chi connectivity index (χ4n) is 2.80. The number of ether oxygens (including phenoxy) is 1. The Hall–Kier alpha value is -1.36. The predicted octanol–water partition coefficient (Wildman–Crippen LogP) is 0.586. The largest absolute Gasteiger partial charge is 0.467 e. The lowest BCUT2D eigenvalue weighted by atomic mass is 9.91. The van der Waals surface area contributed by atoms with Gasteiger partial charge in [-0.2, -0.15) is 0 Å². The average molecular weight is 252 g/mol. The Balaban J connectivity index is 2.27. The Bertz CT molecular complexity index is 367. The molecule has 0 aromatic rings. The fourth-order valence-corrected chi connectivity index (χ4v) is 2.80. The molecule has 5 heteroatoms. The number of methoxy groups -OCH3 is 1. The smallest absolute Gasteiger partial charge is 0.328 e. The topological polar surface area (TPSA) is 72.6 Å². The van der Waals surface area contributed by atoms with Crippen molar-refractivity contribution >= 4 is 11.9 Å². The number of carbonyl (C=O) groups excluding carboxylic acids is 2. The Labute approximate surface area is 107 Å². The Morgan fingerprint density at radius 1 is 1.39 bits per heavy atom. The second-order valence-corrected chi connectivity index (χ2v) is 4.92. The normalized spacial score (nSPS) is 34.2. The van der Waals surface area contributed by atoms with E-state index in [1.807, 2.05) is 6.08 Å². The monoisotopic (exact) mass is 252 g/mol. The first-order chi connectivity index (χ1) is 8.65. The molecule has 1 saturated heterocycles. The molecule has 1 amide bonds. The van der Waals surface area contributed by atoms with Crippen LogP contribution in [-0.4, -0.2) is 42.0 Å². The first-order valence-corrected chi connectivity index (χ1v) is 6.45. The quantitative estimate of drug-likeness (QED) is 0.547. The molecule has 3 atom stereocenters. The minimum Gasteiger partial charge on any atom is -0.467 e. The van der Waals surface area contributed by atoms with Gasteiger partial charge in [0.2, 0.25) is 5.91 Å². The van der Waals surface area contributed by atoms with Crippen molar-refractivity contribution in [1.82, 2.24) is 4.90 Å². The first-order valence-electron chi connectivity index (χ1n) is 6.45. The molecule has 2 rings (SSSR count). The highest BCUT2D eigenvalue weighted by Gasteiger charge is 2.40. The van der Waals surface area contributed by atoms with Gasteiger partial charge in [-0.05, 0) is 32.1 Å². The van der Waals surface area contributed by atoms with Crippen LogP contribution in [0.5, 0.6) is 0 Å². The minimum absolute atomic E-state index is 0.0814. The molecular weight excluding hydrogens is 232 g/mol. The summed E-state index contributed by atoms with van der Waals surface area (Å²) in [5.41, 5.74) is 5.86. The van der Waals surface area contributed by atoms with Crippen molar-refractivity contribution in [2.75, 3.05) is 7.11 Å². The lowest BCUT2D eigenvalue weighted by molar-refractivity contribution is -0.158. The summed E-state index contributed by atoms with van der Waals surface area (Å²) in [6, 6.07) is -0.925. The lowest BCUT2D eigenvalue weighted by Crippen LogP contribution is -2.58. The molecule has 100 valence electrons. The van der Waals surface area contributed by atoms with Gasteiger partial charge in [0.05, 0.1) is 13.2 Å². The molecule has 0 spiro atoms. The maximum atomic E-state index is 12.3. The highest BCUT2D eigenvalue weighted by molar-refractivity contribution is 5.88. The standard InChI is InChI=1S/C13H20N2O3/c1-18-13(17)11-8-4-6-9-5-2-3-7-10(14)12(16)15(9)11/h2-3,9-11H,4-8,14H2,1H3/b3-2-/t9-,10-,11-/m0/s1. The summed E-state index contributed by atoms with van der Waals surface area (Å²) < 4.78 is 4.80. The number of amides is 1. The molecule has 2 N–H and O–H groups in total. The van der Waals surface area contributed by atoms with Crippen LogP contribution in [0, 0.1) is 0 Å². The SMILES string of the molecule is COC(=O)[C@@H]1CCC[C@@H]2C/C=C\C[C@H](N)C(=O)N21. The van der Waals surface area contributed by atoms with Gasteiger partial charge in [0.25, 0.3) is 0 Å². The van der Waals surface area contributed by atoms with Gasteiger partial charge in [0.1, 0.15) is 6.04 Å². The predicted molar refractivity (Wildman–Crippen MR) is 66.6 cm³/mol. The minimum atomic E-state index is -0.547. The van der Waals surface area contributed by atoms with Crippen LogP contribution in [0.3, 0.4) is 0 Å². The summed E-state index contributed by atoms with van der Waals surface area (Å²) in [6.45, 7) is 0. The molecule has 2 heterocycles. The van der Waals surface area contributed by atoms with Crippen LogP contribution in [0.1, 0.15) is 32.1 Å². The summed E-state index contributed by atoms with van der Waals surface area (Å²) in [7, 11) is 1.36. The van der Waals surface area contributed by atoms with Crippen LogP contribution in [0.25, 0.3) is 0 Å². The molecule has 0 unspecified atom stereocenters. The second-order valence-electron chi connectivity index (χ2n) is 4.92. The van der Waals surface area contributed by atoms with Gasteiger partial charge in [-0.15, -0.1) is 0 Å². The van der Waals surface area contributed by atoms with Gasteiger partial charge in [-0.25, -0.2) is 4.79 Å². The number of carbonyl (C=O) groups is 2. The van der Waals surface area contributed by atoms with Gasteiger partial charge in [0, 0.05) is 6.04 Å². The third-order valence-corrected chi connectivity index (χ3v) is 3.75. The van der Waals surface area contributed by atoms with Crippen LogP contribution in [0.2, 0.25) is 0 Å². The number of esters is 1. The van der Waals surface area contributed by atoms with Crippen LogP contribution in [0.15, 0.2) is 12.2 Å². The lowest BCUT2D eigenvalue weighted by Gasteiger charge is -2.42. The summed E-state index contributed by atoms with van der Waals surface area (Å²) >= 11 is 0. The van der Waals surface area contributed by atoms with Crippen molar-refractivity contribution in [3.05, 3.63) is 12.2 Å². The van der Waals surface area contributed by atoms with Gasteiger partial charge < -0.3 is 15.4 Å². The summed E-state index contributed by atoms with van der Waals surface area (Å²) in [4.78, 5) is 25.8. The summed E-state index contributed by atoms with van der Waals surface area (Å²) in [6.07, 6.45) is 7.89. The number of nitrogens with two attached hydrogens (primary N) is 1. The van der Waals surface area contributed by atoms with Gasteiger partial charge >= 0.3 is 5.97 Å². The molecule has 1 fully saturated rings. The molecule has 0 aliphatic carbocycles. The molecule has 18 heavy (non-hydrogen) atoms. The zero-order valence-corrected chi connectivity index (χ0v) is 10.7. The van der Waals surface area contributed by atoms with Crippen molar-refractivity contribution < 1.29 is 14.3 Å². The van der Waals surface area contributed by atoms with Crippen LogP contribution in [-0.2, 0) is 14.3 Å². The van der Waals surface area contributed by atoms with E-state index < -0.39 is 12.1 Å². The van der Waals surface area contributed by atoms with E-state index in [0.717, 1.165) is 19.3 Å². The molecule has 0 radical (unpaired) electrons. The van der Waals surface area contributed by atoms with E-state index in [-0.39, 0.29) is 17.9 Å². The number of fused-ring (bicyclic) bond motifs is 1. The summed E-state index contributed by atoms with van der Waals surface area (Å²) in [5.74, 6) is -0.454. The maximum Gasteiger partial charge on any atom is 0.328 e. The molecule has 0 aromatic heterocycles. The van der Waals surface area contributed by atoms with E-state index in [4.69, 9.17) is 10.5 Å². The van der Waals surface area contributed by atoms with Crippen molar-refractivity contribution in [2.24, 2.45) is 5.73 Å². The second kappa shape index (κ2) is 5.52. The van der Waals surface area contributed by atoms with E-state index in [2.05, 4.69) is 6.08 Å². The molecular formula is C13H20N2O3. The van der Waals surface area contributed by atoms with Gasteiger partial charge in [-0.1, -0.05) is 12.2 Å². The third-order valence-electron chi connectivity index (χ3n) is 3.75. The van der Waals surface area contributed by atoms with E-state index in [1.165, 1.54) is 7.11 Å². The summed E-state index contributed by atoms with van der Waals surface area (Å²) in [5, 5.41) is 0. The number of hydrogen-bond donors (Lipinski definition) is 1. The Kier molecular flexibility index (Phi) is 4.01.